The van der Waals surface area contributed by atoms with Gasteiger partial charge in [0, 0.05) is 18.6 Å². The molecule has 0 aliphatic heterocycles. The third kappa shape index (κ3) is 3.77. The number of nitrogens with zero attached hydrogens (tertiary/aromatic N) is 3. The van der Waals surface area contributed by atoms with Gasteiger partial charge < -0.3 is 19.4 Å². The standard InChI is InChI=1S/C22H26N4O3/c1-5-26(12-15-6-8-16(28-4)9-7-15)21(27)17-14(2)29-20-18(17)19(23-13-24-20)25-22(3)10-11-22/h6-9,13H,5,10-12H2,1-4H3,(H,23,24,25). The van der Waals surface area contributed by atoms with E-state index in [4.69, 9.17) is 9.15 Å². The van der Waals surface area contributed by atoms with E-state index in [2.05, 4.69) is 22.2 Å². The van der Waals surface area contributed by atoms with E-state index in [1.165, 1.54) is 6.33 Å². The summed E-state index contributed by atoms with van der Waals surface area (Å²) in [5.41, 5.74) is 2.03. The van der Waals surface area contributed by atoms with Gasteiger partial charge in [-0.15, -0.1) is 0 Å². The van der Waals surface area contributed by atoms with Crippen LogP contribution >= 0.6 is 0 Å². The summed E-state index contributed by atoms with van der Waals surface area (Å²) >= 11 is 0. The molecule has 0 atom stereocenters. The molecule has 1 aromatic carbocycles. The maximum Gasteiger partial charge on any atom is 0.258 e. The number of carbonyl (C=O) groups is 1. The van der Waals surface area contributed by atoms with Gasteiger partial charge in [-0.05, 0) is 51.3 Å². The van der Waals surface area contributed by atoms with Gasteiger partial charge in [0.2, 0.25) is 5.71 Å². The number of hydrogen-bond acceptors (Lipinski definition) is 6. The fraction of sp³-hybridized carbons (Fsp3) is 0.409. The summed E-state index contributed by atoms with van der Waals surface area (Å²) in [5, 5.41) is 4.13. The van der Waals surface area contributed by atoms with Crippen LogP contribution in [0.3, 0.4) is 0 Å². The molecule has 3 aromatic rings. The van der Waals surface area contributed by atoms with Crippen molar-refractivity contribution in [3.8, 4) is 5.75 Å². The minimum absolute atomic E-state index is 0.0281. The number of benzene rings is 1. The largest absolute Gasteiger partial charge is 0.497 e. The molecule has 1 aliphatic rings. The van der Waals surface area contributed by atoms with Gasteiger partial charge >= 0.3 is 0 Å². The van der Waals surface area contributed by atoms with Crippen molar-refractivity contribution >= 4 is 22.8 Å². The average molecular weight is 394 g/mol. The third-order valence-corrected chi connectivity index (χ3v) is 5.50. The Bertz CT molecular complexity index is 1040. The molecule has 1 saturated carbocycles. The van der Waals surface area contributed by atoms with Crippen LogP contribution in [0.2, 0.25) is 0 Å². The van der Waals surface area contributed by atoms with E-state index in [0.717, 1.165) is 24.2 Å². The molecule has 1 amide bonds. The topological polar surface area (TPSA) is 80.5 Å². The van der Waals surface area contributed by atoms with Crippen LogP contribution in [-0.4, -0.2) is 40.0 Å². The number of rotatable bonds is 7. The fourth-order valence-corrected chi connectivity index (χ4v) is 3.43. The highest BCUT2D eigenvalue weighted by Gasteiger charge is 2.38. The number of aromatic nitrogens is 2. The van der Waals surface area contributed by atoms with E-state index < -0.39 is 0 Å². The monoisotopic (exact) mass is 394 g/mol. The number of amides is 1. The average Bonchev–Trinajstić information content (AvgIpc) is 3.34. The molecule has 29 heavy (non-hydrogen) atoms. The predicted molar refractivity (Wildman–Crippen MR) is 111 cm³/mol. The van der Waals surface area contributed by atoms with Crippen molar-refractivity contribution < 1.29 is 13.9 Å². The van der Waals surface area contributed by atoms with Crippen molar-refractivity contribution in [2.75, 3.05) is 19.0 Å². The Morgan fingerprint density at radius 3 is 2.62 bits per heavy atom. The Morgan fingerprint density at radius 1 is 1.28 bits per heavy atom. The molecule has 0 saturated heterocycles. The zero-order chi connectivity index (χ0) is 20.6. The SMILES string of the molecule is CCN(Cc1ccc(OC)cc1)C(=O)c1c(C)oc2ncnc(NC3(C)CC3)c12. The van der Waals surface area contributed by atoms with Crippen molar-refractivity contribution in [3.05, 3.63) is 47.5 Å². The van der Waals surface area contributed by atoms with Gasteiger partial charge in [0.15, 0.2) is 0 Å². The molecular formula is C22H26N4O3. The highest BCUT2D eigenvalue weighted by molar-refractivity contribution is 6.10. The quantitative estimate of drug-likeness (QED) is 0.648. The number of furan rings is 1. The summed E-state index contributed by atoms with van der Waals surface area (Å²) in [4.78, 5) is 23.9. The van der Waals surface area contributed by atoms with Crippen LogP contribution in [0.15, 0.2) is 35.0 Å². The molecule has 4 rings (SSSR count). The van der Waals surface area contributed by atoms with Crippen LogP contribution in [0.1, 0.15) is 48.4 Å². The van der Waals surface area contributed by atoms with E-state index in [1.807, 2.05) is 31.2 Å². The maximum absolute atomic E-state index is 13.5. The minimum Gasteiger partial charge on any atom is -0.497 e. The summed E-state index contributed by atoms with van der Waals surface area (Å²) < 4.78 is 11.0. The Labute approximate surface area is 170 Å². The maximum atomic E-state index is 13.5. The highest BCUT2D eigenvalue weighted by atomic mass is 16.5. The summed E-state index contributed by atoms with van der Waals surface area (Å²) in [6, 6.07) is 7.74. The Hall–Kier alpha value is -3.09. The summed E-state index contributed by atoms with van der Waals surface area (Å²) in [6.45, 7) is 7.00. The van der Waals surface area contributed by atoms with Crippen LogP contribution in [-0.2, 0) is 6.54 Å². The predicted octanol–water partition coefficient (Wildman–Crippen LogP) is 4.17. The van der Waals surface area contributed by atoms with Crippen molar-refractivity contribution in [2.45, 2.75) is 45.7 Å². The highest BCUT2D eigenvalue weighted by Crippen LogP contribution is 2.40. The first-order valence-corrected chi connectivity index (χ1v) is 9.88. The molecule has 2 heterocycles. The first-order valence-electron chi connectivity index (χ1n) is 9.88. The van der Waals surface area contributed by atoms with Crippen LogP contribution < -0.4 is 10.1 Å². The zero-order valence-corrected chi connectivity index (χ0v) is 17.3. The van der Waals surface area contributed by atoms with E-state index in [1.54, 1.807) is 18.9 Å². The molecule has 0 bridgehead atoms. The number of fused-ring (bicyclic) bond motifs is 1. The van der Waals surface area contributed by atoms with Crippen LogP contribution in [0.5, 0.6) is 5.75 Å². The molecule has 0 radical (unpaired) electrons. The van der Waals surface area contributed by atoms with Gasteiger partial charge in [-0.1, -0.05) is 12.1 Å². The van der Waals surface area contributed by atoms with Crippen molar-refractivity contribution in [3.63, 3.8) is 0 Å². The van der Waals surface area contributed by atoms with Crippen LogP contribution in [0.4, 0.5) is 5.82 Å². The lowest BCUT2D eigenvalue weighted by Gasteiger charge is -2.21. The number of carbonyl (C=O) groups excluding carboxylic acids is 1. The molecule has 7 nitrogen and oxygen atoms in total. The summed E-state index contributed by atoms with van der Waals surface area (Å²) in [7, 11) is 1.64. The zero-order valence-electron chi connectivity index (χ0n) is 17.3. The van der Waals surface area contributed by atoms with E-state index in [9.17, 15) is 4.79 Å². The first-order chi connectivity index (χ1) is 13.9. The van der Waals surface area contributed by atoms with Gasteiger partial charge in [-0.25, -0.2) is 9.97 Å². The smallest absolute Gasteiger partial charge is 0.258 e. The van der Waals surface area contributed by atoms with Gasteiger partial charge in [-0.3, -0.25) is 4.79 Å². The molecule has 2 aromatic heterocycles. The van der Waals surface area contributed by atoms with Crippen LogP contribution in [0.25, 0.3) is 11.1 Å². The second-order valence-electron chi connectivity index (χ2n) is 7.79. The second-order valence-corrected chi connectivity index (χ2v) is 7.79. The number of ether oxygens (including phenoxy) is 1. The lowest BCUT2D eigenvalue weighted by molar-refractivity contribution is 0.0752. The molecule has 152 valence electrons. The van der Waals surface area contributed by atoms with E-state index in [0.29, 0.717) is 41.3 Å². The van der Waals surface area contributed by atoms with E-state index >= 15 is 0 Å². The number of nitrogens with one attached hydrogen (secondary N) is 1. The van der Waals surface area contributed by atoms with Gasteiger partial charge in [0.05, 0.1) is 18.1 Å². The number of hydrogen-bond donors (Lipinski definition) is 1. The third-order valence-electron chi connectivity index (χ3n) is 5.50. The lowest BCUT2D eigenvalue weighted by atomic mass is 10.1. The Kier molecular flexibility index (Phi) is 4.90. The van der Waals surface area contributed by atoms with E-state index in [-0.39, 0.29) is 11.4 Å². The van der Waals surface area contributed by atoms with Crippen molar-refractivity contribution in [2.24, 2.45) is 0 Å². The normalized spacial score (nSPS) is 14.6. The minimum atomic E-state index is -0.0848. The Balaban J connectivity index is 1.68. The summed E-state index contributed by atoms with van der Waals surface area (Å²) in [6.07, 6.45) is 3.64. The molecule has 0 unspecified atom stereocenters. The Morgan fingerprint density at radius 2 is 2.00 bits per heavy atom. The molecule has 1 aliphatic carbocycles. The van der Waals surface area contributed by atoms with Gasteiger partial charge in [-0.2, -0.15) is 0 Å². The van der Waals surface area contributed by atoms with Gasteiger partial charge in [0.25, 0.3) is 5.91 Å². The van der Waals surface area contributed by atoms with Crippen molar-refractivity contribution in [1.29, 1.82) is 0 Å². The fourth-order valence-electron chi connectivity index (χ4n) is 3.43. The molecule has 7 heteroatoms. The first kappa shape index (κ1) is 19.2. The molecule has 1 fully saturated rings. The van der Waals surface area contributed by atoms with Crippen molar-refractivity contribution in [1.82, 2.24) is 14.9 Å². The number of anilines is 1. The number of aryl methyl sites for hydroxylation is 1. The summed E-state index contributed by atoms with van der Waals surface area (Å²) in [5.74, 6) is 1.93. The molecule has 1 N–H and O–H groups in total. The number of methoxy groups -OCH3 is 1. The molecular weight excluding hydrogens is 368 g/mol. The van der Waals surface area contributed by atoms with Gasteiger partial charge in [0.1, 0.15) is 23.7 Å². The second kappa shape index (κ2) is 7.39. The van der Waals surface area contributed by atoms with Crippen LogP contribution in [0, 0.1) is 6.92 Å². The lowest BCUT2D eigenvalue weighted by Crippen LogP contribution is -2.30. The molecule has 0 spiro atoms.